The Morgan fingerprint density at radius 3 is 2.14 bits per heavy atom. The first-order chi connectivity index (χ1) is 3.18. The molecule has 2 nitrogen and oxygen atoms in total. The molecule has 0 aliphatic carbocycles. The first-order valence-corrected chi connectivity index (χ1v) is 2.04. The summed E-state index contributed by atoms with van der Waals surface area (Å²) in [6.45, 7) is 3.26. The summed E-state index contributed by atoms with van der Waals surface area (Å²) in [4.78, 5) is 9.86. The molecular formula is C5H8O2. The summed E-state index contributed by atoms with van der Waals surface area (Å²) < 4.78 is 0. The Kier molecular flexibility index (Phi) is 2.12. The number of hydrogen-bond donors (Lipinski definition) is 1. The molecule has 0 aliphatic heterocycles. The monoisotopic (exact) mass is 100 g/mol. The molecule has 0 fully saturated rings. The molecule has 0 amide bonds. The van der Waals surface area contributed by atoms with Gasteiger partial charge in [0.2, 0.25) is 0 Å². The van der Waals surface area contributed by atoms with E-state index in [1.165, 1.54) is 0 Å². The van der Waals surface area contributed by atoms with E-state index in [4.69, 9.17) is 5.11 Å². The summed E-state index contributed by atoms with van der Waals surface area (Å²) in [6.07, 6.45) is 1.56. The zero-order valence-corrected chi connectivity index (χ0v) is 4.43. The van der Waals surface area contributed by atoms with Crippen molar-refractivity contribution in [2.24, 2.45) is 0 Å². The van der Waals surface area contributed by atoms with Crippen LogP contribution in [0.5, 0.6) is 0 Å². The van der Waals surface area contributed by atoms with E-state index in [0.29, 0.717) is 5.57 Å². The van der Waals surface area contributed by atoms with Gasteiger partial charge in [0.05, 0.1) is 0 Å². The number of carbonyl (C=O) groups is 1. The number of carboxylic acids is 1. The van der Waals surface area contributed by atoms with Crippen LogP contribution in [0.15, 0.2) is 11.6 Å². The average molecular weight is 100 g/mol. The first kappa shape index (κ1) is 6.21. The molecule has 0 unspecified atom stereocenters. The molecule has 0 heterocycles. The van der Waals surface area contributed by atoms with Crippen molar-refractivity contribution >= 4 is 5.97 Å². The van der Waals surface area contributed by atoms with E-state index in [9.17, 15) is 4.79 Å². The lowest BCUT2D eigenvalue weighted by atomic mass is 10.3. The van der Waals surface area contributed by atoms with Crippen molar-refractivity contribution in [3.63, 3.8) is 0 Å². The van der Waals surface area contributed by atoms with Crippen LogP contribution in [0.2, 0.25) is 0 Å². The van der Waals surface area contributed by atoms with Crippen LogP contribution in [0, 0.1) is 0 Å². The Morgan fingerprint density at radius 1 is 1.71 bits per heavy atom. The van der Waals surface area contributed by atoms with Crippen molar-refractivity contribution < 1.29 is 9.90 Å². The highest BCUT2D eigenvalue weighted by Crippen LogP contribution is 1.87. The highest BCUT2D eigenvalue weighted by molar-refractivity contribution is 5.85. The average Bonchev–Trinajstić information content (AvgIpc) is 1.65. The van der Waals surface area contributed by atoms with Crippen molar-refractivity contribution in [1.82, 2.24) is 0 Å². The number of rotatable bonds is 1. The van der Waals surface area contributed by atoms with Gasteiger partial charge in [-0.1, -0.05) is 6.08 Å². The molecule has 1 N–H and O–H groups in total. The first-order valence-electron chi connectivity index (χ1n) is 2.04. The molecule has 0 radical (unpaired) electrons. The van der Waals surface area contributed by atoms with E-state index < -0.39 is 5.97 Å². The maximum Gasteiger partial charge on any atom is 0.330 e. The molecule has 40 valence electrons. The fourth-order valence-electron chi connectivity index (χ4n) is 0.123. The van der Waals surface area contributed by atoms with Gasteiger partial charge in [-0.2, -0.15) is 0 Å². The maximum absolute atomic E-state index is 9.86. The molecule has 7 heavy (non-hydrogen) atoms. The molecule has 0 atom stereocenters. The lowest BCUT2D eigenvalue weighted by Crippen LogP contribution is -1.93. The van der Waals surface area contributed by atoms with E-state index in [-0.39, 0.29) is 0 Å². The number of carboxylic acid groups (broad SMARTS) is 1. The topological polar surface area (TPSA) is 37.3 Å². The minimum atomic E-state index is -0.845. The van der Waals surface area contributed by atoms with Crippen LogP contribution in [-0.4, -0.2) is 11.1 Å². The van der Waals surface area contributed by atoms with Crippen molar-refractivity contribution in [2.75, 3.05) is 0 Å². The molecule has 0 spiro atoms. The third-order valence-corrected chi connectivity index (χ3v) is 0.770. The standard InChI is InChI=1S/C5H8O2/c1-3-4(2)5(6)7/h3H,1-2H3,(H,6,7). The van der Waals surface area contributed by atoms with Gasteiger partial charge in [0.25, 0.3) is 0 Å². The second-order valence-electron chi connectivity index (χ2n) is 1.28. The van der Waals surface area contributed by atoms with Crippen LogP contribution in [0.4, 0.5) is 0 Å². The molecular weight excluding hydrogens is 92.1 g/mol. The van der Waals surface area contributed by atoms with Crippen LogP contribution in [0.1, 0.15) is 13.8 Å². The Hall–Kier alpha value is -0.790. The largest absolute Gasteiger partial charge is 0.478 e. The van der Waals surface area contributed by atoms with Gasteiger partial charge >= 0.3 is 5.97 Å². The Labute approximate surface area is 42.5 Å². The Morgan fingerprint density at radius 2 is 2.14 bits per heavy atom. The zero-order valence-electron chi connectivity index (χ0n) is 4.43. The van der Waals surface area contributed by atoms with Crippen molar-refractivity contribution in [3.8, 4) is 0 Å². The number of aliphatic carboxylic acids is 1. The molecule has 0 aromatic rings. The van der Waals surface area contributed by atoms with Gasteiger partial charge in [0, 0.05) is 5.57 Å². The molecule has 0 saturated carbocycles. The fraction of sp³-hybridized carbons (Fsp3) is 0.400. The highest BCUT2D eigenvalue weighted by Gasteiger charge is 1.93. The molecule has 2 heteroatoms. The van der Waals surface area contributed by atoms with E-state index >= 15 is 0 Å². The SMILES string of the molecule is CC=C(C)C(=O)O. The van der Waals surface area contributed by atoms with Gasteiger partial charge in [0.15, 0.2) is 0 Å². The van der Waals surface area contributed by atoms with Gasteiger partial charge in [0.1, 0.15) is 0 Å². The highest BCUT2D eigenvalue weighted by atomic mass is 16.4. The van der Waals surface area contributed by atoms with Gasteiger partial charge in [-0.3, -0.25) is 0 Å². The molecule has 0 aliphatic rings. The van der Waals surface area contributed by atoms with Crippen LogP contribution in [0.25, 0.3) is 0 Å². The normalized spacial score (nSPS) is 11.4. The minimum Gasteiger partial charge on any atom is -0.478 e. The lowest BCUT2D eigenvalue weighted by Gasteiger charge is -1.84. The maximum atomic E-state index is 9.86. The molecule has 0 aromatic carbocycles. The fourth-order valence-corrected chi connectivity index (χ4v) is 0.123. The van der Waals surface area contributed by atoms with Crippen LogP contribution < -0.4 is 0 Å². The third-order valence-electron chi connectivity index (χ3n) is 0.770. The molecule has 0 rings (SSSR count). The zero-order chi connectivity index (χ0) is 5.86. The van der Waals surface area contributed by atoms with Crippen molar-refractivity contribution in [1.29, 1.82) is 0 Å². The molecule has 0 saturated heterocycles. The number of hydrogen-bond acceptors (Lipinski definition) is 1. The number of allylic oxidation sites excluding steroid dienone is 1. The molecule has 0 aromatic heterocycles. The van der Waals surface area contributed by atoms with Crippen LogP contribution in [0.3, 0.4) is 0 Å². The van der Waals surface area contributed by atoms with Crippen molar-refractivity contribution in [2.45, 2.75) is 13.8 Å². The van der Waals surface area contributed by atoms with Crippen LogP contribution in [-0.2, 0) is 4.79 Å². The van der Waals surface area contributed by atoms with Crippen LogP contribution >= 0.6 is 0 Å². The smallest absolute Gasteiger partial charge is 0.330 e. The summed E-state index contributed by atoms with van der Waals surface area (Å²) >= 11 is 0. The summed E-state index contributed by atoms with van der Waals surface area (Å²) in [5, 5.41) is 8.11. The van der Waals surface area contributed by atoms with E-state index in [0.717, 1.165) is 0 Å². The predicted octanol–water partition coefficient (Wildman–Crippen LogP) is 1.04. The van der Waals surface area contributed by atoms with Gasteiger partial charge in [-0.15, -0.1) is 0 Å². The Bertz CT molecular complexity index is 103. The van der Waals surface area contributed by atoms with Gasteiger partial charge in [-0.25, -0.2) is 4.79 Å². The van der Waals surface area contributed by atoms with Crippen molar-refractivity contribution in [3.05, 3.63) is 11.6 Å². The third kappa shape index (κ3) is 1.98. The predicted molar refractivity (Wildman–Crippen MR) is 27.1 cm³/mol. The van der Waals surface area contributed by atoms with Gasteiger partial charge < -0.3 is 5.11 Å². The van der Waals surface area contributed by atoms with E-state index in [1.807, 2.05) is 0 Å². The lowest BCUT2D eigenvalue weighted by molar-refractivity contribution is -0.132. The Balaban J connectivity index is 3.82. The van der Waals surface area contributed by atoms with Gasteiger partial charge in [-0.05, 0) is 13.8 Å². The minimum absolute atomic E-state index is 0.389. The second kappa shape index (κ2) is 2.39. The summed E-state index contributed by atoms with van der Waals surface area (Å²) in [6, 6.07) is 0. The summed E-state index contributed by atoms with van der Waals surface area (Å²) in [7, 11) is 0. The second-order valence-corrected chi connectivity index (χ2v) is 1.28. The molecule has 0 bridgehead atoms. The quantitative estimate of drug-likeness (QED) is 0.500. The summed E-state index contributed by atoms with van der Waals surface area (Å²) in [5.41, 5.74) is 0.389. The summed E-state index contributed by atoms with van der Waals surface area (Å²) in [5.74, 6) is -0.845. The van der Waals surface area contributed by atoms with E-state index in [1.54, 1.807) is 19.9 Å². The van der Waals surface area contributed by atoms with E-state index in [2.05, 4.69) is 0 Å².